The molecule has 134 heavy (non-hydrogen) atoms. The second kappa shape index (κ2) is 43.2. The van der Waals surface area contributed by atoms with Gasteiger partial charge in [0.15, 0.2) is 17.5 Å². The normalized spacial score (nSPS) is 13.9. The number of aryl methyl sites for hydroxylation is 6. The quantitative estimate of drug-likeness (QED) is 0.0201. The highest BCUT2D eigenvalue weighted by molar-refractivity contribution is 5.93. The van der Waals surface area contributed by atoms with Crippen LogP contribution in [0.2, 0.25) is 0 Å². The number of H-pyrrole nitrogens is 2. The lowest BCUT2D eigenvalue weighted by atomic mass is 9.95. The Morgan fingerprint density at radius 2 is 0.754 bits per heavy atom. The van der Waals surface area contributed by atoms with Gasteiger partial charge in [0, 0.05) is 65.6 Å². The average molecular weight is 1780 g/mol. The zero-order valence-corrected chi connectivity index (χ0v) is 75.8. The number of aromatic nitrogens is 12. The van der Waals surface area contributed by atoms with Crippen molar-refractivity contribution in [2.24, 2.45) is 5.92 Å². The summed E-state index contributed by atoms with van der Waals surface area (Å²) in [7, 11) is 5.02. The minimum absolute atomic E-state index is 0.0142. The summed E-state index contributed by atoms with van der Waals surface area (Å²) < 4.78 is 22.8. The Morgan fingerprint density at radius 1 is 0.366 bits per heavy atom. The topological polar surface area (TPSA) is 276 Å². The van der Waals surface area contributed by atoms with Crippen LogP contribution in [-0.4, -0.2) is 124 Å². The van der Waals surface area contributed by atoms with Gasteiger partial charge in [-0.3, -0.25) is 19.4 Å². The molecular weight excluding hydrogens is 1670 g/mol. The summed E-state index contributed by atoms with van der Waals surface area (Å²) >= 11 is 0. The Balaban J connectivity index is 0.000000135. The number of nitrogens with zero attached hydrogens (tertiary/aromatic N) is 10. The Hall–Kier alpha value is -15.2. The third-order valence-electron chi connectivity index (χ3n) is 25.8. The first kappa shape index (κ1) is 89.4. The van der Waals surface area contributed by atoms with Crippen LogP contribution in [-0.2, 0) is 87.0 Å². The number of hydrogen-bond acceptors (Lipinski definition) is 15. The van der Waals surface area contributed by atoms with E-state index in [0.29, 0.717) is 56.8 Å². The molecule has 7 N–H and O–H groups in total. The molecule has 6 aromatic heterocycles. The number of rotatable bonds is 33. The third-order valence-corrected chi connectivity index (χ3v) is 25.8. The van der Waals surface area contributed by atoms with E-state index in [0.717, 1.165) is 174 Å². The van der Waals surface area contributed by atoms with Crippen molar-refractivity contribution < 1.29 is 28.6 Å². The van der Waals surface area contributed by atoms with Crippen molar-refractivity contribution in [1.82, 2.24) is 85.8 Å². The summed E-state index contributed by atoms with van der Waals surface area (Å²) in [6.07, 6.45) is 15.7. The fraction of sp³-hybridized carbons (Fsp3) is 0.243. The van der Waals surface area contributed by atoms with Crippen LogP contribution in [0.25, 0.3) is 54.1 Å². The molecule has 0 spiro atoms. The number of aromatic amines is 2. The maximum Gasteiger partial charge on any atom is 0.270 e. The Labute approximate surface area is 779 Å². The van der Waals surface area contributed by atoms with Crippen molar-refractivity contribution in [3.63, 3.8) is 0 Å². The first-order valence-corrected chi connectivity index (χ1v) is 46.4. The minimum atomic E-state index is -0.455. The van der Waals surface area contributed by atoms with E-state index in [2.05, 4.69) is 280 Å². The van der Waals surface area contributed by atoms with Crippen molar-refractivity contribution in [3.8, 4) is 17.2 Å². The number of hydrogen-bond donors (Lipinski definition) is 7. The van der Waals surface area contributed by atoms with Gasteiger partial charge in [0.2, 0.25) is 11.8 Å². The van der Waals surface area contributed by atoms with Gasteiger partial charge < -0.3 is 64.5 Å². The Bertz CT molecular complexity index is 6980. The van der Waals surface area contributed by atoms with Crippen LogP contribution in [0.3, 0.4) is 0 Å². The second-order valence-electron chi connectivity index (χ2n) is 34.6. The maximum atomic E-state index is 13.7. The number of piperidine rings is 1. The predicted octanol–water partition coefficient (Wildman–Crippen LogP) is 18.4. The van der Waals surface area contributed by atoms with Gasteiger partial charge in [-0.1, -0.05) is 237 Å². The second-order valence-corrected chi connectivity index (χ2v) is 34.6. The fourth-order valence-electron chi connectivity index (χ4n) is 18.4. The number of pyridine rings is 1. The highest BCUT2D eigenvalue weighted by Crippen LogP contribution is 2.32. The SMILES string of the molecule is COc1ccc(Cn2c(CCc3c[nH]c4ccccc34)nnc2[C@@H](Cc2ccc3ccccc3c2)NC(=O)C2CCNCC2)cc1.COc1ccc(Cn2c(CCc3c[nH]c4ccccc34)nnc2[C@@H](Cc2ccc3ccccc3c2)NC(=O)c2ccccn2)cc1.COc1ccc(Cn2c(CCc3ccccc3)nnc2[C@@H](Cc2ccc3ccccc3c2)NC(=O)C2CCCN2)cc1. The molecule has 0 bridgehead atoms. The van der Waals surface area contributed by atoms with E-state index < -0.39 is 6.04 Å². The molecule has 2 aliphatic rings. The van der Waals surface area contributed by atoms with E-state index in [4.69, 9.17) is 44.8 Å². The number of para-hydroxylation sites is 2. The van der Waals surface area contributed by atoms with E-state index in [1.54, 1.807) is 39.7 Å². The zero-order valence-electron chi connectivity index (χ0n) is 75.8. The van der Waals surface area contributed by atoms with Crippen LogP contribution in [0.4, 0.5) is 0 Å². The van der Waals surface area contributed by atoms with Gasteiger partial charge in [-0.2, -0.15) is 0 Å². The molecule has 676 valence electrons. The first-order chi connectivity index (χ1) is 65.9. The summed E-state index contributed by atoms with van der Waals surface area (Å²) in [5, 5.41) is 54.8. The summed E-state index contributed by atoms with van der Waals surface area (Å²) in [4.78, 5) is 51.8. The van der Waals surface area contributed by atoms with Gasteiger partial charge in [-0.25, -0.2) is 0 Å². The van der Waals surface area contributed by atoms with Gasteiger partial charge in [0.05, 0.1) is 65.1 Å². The van der Waals surface area contributed by atoms with Crippen LogP contribution in [0, 0.1) is 5.92 Å². The number of carbonyl (C=O) groups excluding carboxylic acids is 3. The van der Waals surface area contributed by atoms with E-state index in [9.17, 15) is 14.4 Å². The molecule has 23 nitrogen and oxygen atoms in total. The number of benzene rings is 12. The zero-order chi connectivity index (χ0) is 91.3. The molecular formula is C111H111N17O6. The molecule has 1 unspecified atom stereocenters. The van der Waals surface area contributed by atoms with Crippen molar-refractivity contribution in [2.45, 2.75) is 127 Å². The molecule has 2 fully saturated rings. The van der Waals surface area contributed by atoms with Crippen LogP contribution in [0.5, 0.6) is 17.2 Å². The standard InChI is InChI=1S/C38H34N6O2.C38H40N6O2.C35H37N5O2/c1-46-31-18-14-26(15-19-31)25-44-36(20-17-30-24-40-33-11-5-4-10-32(30)33)42-43-37(44)35(41-38(45)34-12-6-7-21-39-34)23-27-13-16-28-8-2-3-9-29(28)22-27;1-46-32-15-11-26(12-16-32)25-44-36(17-14-31-24-40-34-9-5-4-8-33(31)34)42-43-37(44)35(41-38(45)29-18-20-39-21-19-29)23-27-10-13-28-6-2-3-7-30(28)22-27;1-42-30-18-14-26(15-19-30)24-40-33(20-16-25-8-3-2-4-9-25)38-39-34(40)32(37-35(41)31-12-7-21-36-31)23-27-13-17-28-10-5-6-11-29(28)22-27/h2-16,18-19,21-22,24,35,40H,17,20,23,25H2,1H3,(H,41,45);2-13,15-16,22,24,29,35,39-40H,14,17-21,23,25H2,1H3,(H,41,45);2-6,8-11,13-15,17-19,22,31-32,36H,7,12,16,20-21,23-24H2,1H3,(H,37,41)/t2*35-;31?,32-/m111/s1. The molecule has 23 heteroatoms. The Kier molecular flexibility index (Phi) is 28.8. The van der Waals surface area contributed by atoms with Gasteiger partial charge in [-0.05, 0) is 227 Å². The average Bonchev–Trinajstić information content (AvgIpc) is 1.65. The summed E-state index contributed by atoms with van der Waals surface area (Å²) in [6.45, 7) is 4.32. The van der Waals surface area contributed by atoms with Crippen molar-refractivity contribution in [2.75, 3.05) is 41.0 Å². The predicted molar refractivity (Wildman–Crippen MR) is 527 cm³/mol. The molecule has 3 amide bonds. The third kappa shape index (κ3) is 22.2. The summed E-state index contributed by atoms with van der Waals surface area (Å²) in [5.74, 6) is 7.16. The van der Waals surface area contributed by atoms with Gasteiger partial charge >= 0.3 is 0 Å². The fourth-order valence-corrected chi connectivity index (χ4v) is 18.4. The van der Waals surface area contributed by atoms with E-state index in [1.165, 1.54) is 54.4 Å². The molecule has 8 heterocycles. The number of fused-ring (bicyclic) bond motifs is 5. The summed E-state index contributed by atoms with van der Waals surface area (Å²) in [6, 6.07) is 99.9. The molecule has 0 aliphatic carbocycles. The lowest BCUT2D eigenvalue weighted by Crippen LogP contribution is -2.43. The molecule has 2 aliphatic heterocycles. The van der Waals surface area contributed by atoms with Crippen molar-refractivity contribution in [3.05, 3.63) is 407 Å². The lowest BCUT2D eigenvalue weighted by molar-refractivity contribution is -0.126. The highest BCUT2D eigenvalue weighted by atomic mass is 16.5. The maximum absolute atomic E-state index is 13.7. The monoisotopic (exact) mass is 1780 g/mol. The lowest BCUT2D eigenvalue weighted by Gasteiger charge is -2.26. The smallest absolute Gasteiger partial charge is 0.270 e. The molecule has 4 atom stereocenters. The number of amides is 3. The van der Waals surface area contributed by atoms with Crippen LogP contribution in [0.1, 0.15) is 139 Å². The van der Waals surface area contributed by atoms with Crippen molar-refractivity contribution in [1.29, 1.82) is 0 Å². The number of carbonyl (C=O) groups is 3. The molecule has 0 radical (unpaired) electrons. The van der Waals surface area contributed by atoms with E-state index >= 15 is 0 Å². The molecule has 18 aromatic rings. The van der Waals surface area contributed by atoms with Gasteiger partial charge in [0.1, 0.15) is 40.4 Å². The van der Waals surface area contributed by atoms with Gasteiger partial charge in [0.25, 0.3) is 5.91 Å². The van der Waals surface area contributed by atoms with Gasteiger partial charge in [-0.15, -0.1) is 30.6 Å². The largest absolute Gasteiger partial charge is 0.497 e. The minimum Gasteiger partial charge on any atom is -0.497 e. The van der Waals surface area contributed by atoms with E-state index in [-0.39, 0.29) is 41.8 Å². The number of methoxy groups -OCH3 is 3. The number of ether oxygens (including phenoxy) is 3. The molecule has 20 rings (SSSR count). The van der Waals surface area contributed by atoms with Crippen LogP contribution in [0.15, 0.2) is 316 Å². The molecule has 0 saturated carbocycles. The van der Waals surface area contributed by atoms with E-state index in [1.807, 2.05) is 72.8 Å². The molecule has 12 aromatic carbocycles. The first-order valence-electron chi connectivity index (χ1n) is 46.4. The van der Waals surface area contributed by atoms with Crippen molar-refractivity contribution >= 4 is 71.8 Å². The van der Waals surface area contributed by atoms with Crippen LogP contribution >= 0.6 is 0 Å². The highest BCUT2D eigenvalue weighted by Gasteiger charge is 2.33. The molecule has 2 saturated heterocycles. The Morgan fingerprint density at radius 3 is 1.17 bits per heavy atom. The van der Waals surface area contributed by atoms with Crippen LogP contribution < -0.4 is 40.8 Å². The number of nitrogens with one attached hydrogen (secondary N) is 7. The summed E-state index contributed by atoms with van der Waals surface area (Å²) in [5.41, 5.74) is 13.0.